The van der Waals surface area contributed by atoms with E-state index in [4.69, 9.17) is 18.8 Å². The van der Waals surface area contributed by atoms with E-state index in [1.165, 1.54) is 0 Å². The van der Waals surface area contributed by atoms with Crippen LogP contribution in [0.1, 0.15) is 40.5 Å². The quantitative estimate of drug-likeness (QED) is 0.782. The first-order valence-electron chi connectivity index (χ1n) is 8.53. The molecule has 0 bridgehead atoms. The highest BCUT2D eigenvalue weighted by atomic mass is 16.7. The molecule has 2 aliphatic heterocycles. The van der Waals surface area contributed by atoms with Crippen molar-refractivity contribution in [2.24, 2.45) is 5.92 Å². The first-order chi connectivity index (χ1) is 10.9. The van der Waals surface area contributed by atoms with Crippen molar-refractivity contribution in [2.75, 3.05) is 19.8 Å². The lowest BCUT2D eigenvalue weighted by atomic mass is 9.79. The van der Waals surface area contributed by atoms with Crippen molar-refractivity contribution in [1.29, 1.82) is 0 Å². The summed E-state index contributed by atoms with van der Waals surface area (Å²) in [7, 11) is -0.315. The molecule has 4 nitrogen and oxygen atoms in total. The Labute approximate surface area is 139 Å². The van der Waals surface area contributed by atoms with E-state index in [1.807, 2.05) is 24.3 Å². The van der Waals surface area contributed by atoms with E-state index in [1.54, 1.807) is 0 Å². The number of rotatable bonds is 5. The first kappa shape index (κ1) is 16.8. The van der Waals surface area contributed by atoms with Crippen LogP contribution in [-0.2, 0) is 14.0 Å². The molecule has 0 radical (unpaired) electrons. The maximum atomic E-state index is 6.06. The van der Waals surface area contributed by atoms with Crippen LogP contribution >= 0.6 is 0 Å². The molecule has 3 rings (SSSR count). The maximum Gasteiger partial charge on any atom is 0.494 e. The van der Waals surface area contributed by atoms with Crippen LogP contribution in [0.15, 0.2) is 24.3 Å². The van der Waals surface area contributed by atoms with Crippen LogP contribution < -0.4 is 10.2 Å². The van der Waals surface area contributed by atoms with Crippen LogP contribution in [-0.4, -0.2) is 38.1 Å². The van der Waals surface area contributed by atoms with Crippen LogP contribution in [0.4, 0.5) is 0 Å². The average Bonchev–Trinajstić information content (AvgIpc) is 3.06. The zero-order valence-electron chi connectivity index (χ0n) is 14.6. The monoisotopic (exact) mass is 318 g/mol. The molecule has 2 aliphatic rings. The molecule has 0 aromatic heterocycles. The molecule has 1 aromatic carbocycles. The van der Waals surface area contributed by atoms with Crippen LogP contribution in [0.5, 0.6) is 5.75 Å². The Kier molecular flexibility index (Phi) is 4.72. The second-order valence-electron chi connectivity index (χ2n) is 7.52. The van der Waals surface area contributed by atoms with Crippen molar-refractivity contribution in [2.45, 2.75) is 51.7 Å². The molecule has 2 heterocycles. The van der Waals surface area contributed by atoms with Gasteiger partial charge in [0, 0.05) is 13.2 Å². The van der Waals surface area contributed by atoms with E-state index in [9.17, 15) is 0 Å². The molecule has 1 unspecified atom stereocenters. The minimum atomic E-state index is -0.315. The lowest BCUT2D eigenvalue weighted by Gasteiger charge is -2.32. The highest BCUT2D eigenvalue weighted by Gasteiger charge is 2.51. The summed E-state index contributed by atoms with van der Waals surface area (Å²) in [6.07, 6.45) is 2.21. The van der Waals surface area contributed by atoms with E-state index in [2.05, 4.69) is 27.7 Å². The fraction of sp³-hybridized carbons (Fsp3) is 0.667. The summed E-state index contributed by atoms with van der Waals surface area (Å²) in [4.78, 5) is 0. The largest absolute Gasteiger partial charge is 0.494 e. The molecule has 5 heteroatoms. The Bertz CT molecular complexity index is 504. The fourth-order valence-corrected chi connectivity index (χ4v) is 2.85. The molecule has 0 spiro atoms. The van der Waals surface area contributed by atoms with Gasteiger partial charge in [-0.3, -0.25) is 0 Å². The van der Waals surface area contributed by atoms with Crippen molar-refractivity contribution in [3.63, 3.8) is 0 Å². The van der Waals surface area contributed by atoms with E-state index >= 15 is 0 Å². The van der Waals surface area contributed by atoms with Gasteiger partial charge in [-0.25, -0.2) is 0 Å². The van der Waals surface area contributed by atoms with Gasteiger partial charge in [-0.05, 0) is 64.1 Å². The standard InChI is InChI=1S/C18H27BO4/c1-17(2)18(3,4)23-19(22-17)15-5-7-16(8-6-15)21-12-10-14-9-11-20-13-14/h5-8,14H,9-13H2,1-4H3. The molecule has 1 aromatic rings. The topological polar surface area (TPSA) is 36.9 Å². The summed E-state index contributed by atoms with van der Waals surface area (Å²) in [5.74, 6) is 1.54. The van der Waals surface area contributed by atoms with Crippen molar-refractivity contribution in [3.05, 3.63) is 24.3 Å². The highest BCUT2D eigenvalue weighted by Crippen LogP contribution is 2.36. The summed E-state index contributed by atoms with van der Waals surface area (Å²) >= 11 is 0. The fourth-order valence-electron chi connectivity index (χ4n) is 2.85. The highest BCUT2D eigenvalue weighted by molar-refractivity contribution is 6.62. The van der Waals surface area contributed by atoms with E-state index < -0.39 is 0 Å². The van der Waals surface area contributed by atoms with Gasteiger partial charge in [0.2, 0.25) is 0 Å². The van der Waals surface area contributed by atoms with Gasteiger partial charge in [0.15, 0.2) is 0 Å². The van der Waals surface area contributed by atoms with Crippen LogP contribution in [0.25, 0.3) is 0 Å². The van der Waals surface area contributed by atoms with Crippen LogP contribution in [0, 0.1) is 5.92 Å². The summed E-state index contributed by atoms with van der Waals surface area (Å²) in [5.41, 5.74) is 0.409. The third kappa shape index (κ3) is 3.73. The van der Waals surface area contributed by atoms with Gasteiger partial charge >= 0.3 is 7.12 Å². The summed E-state index contributed by atoms with van der Waals surface area (Å²) in [6.45, 7) is 10.8. The zero-order valence-corrected chi connectivity index (χ0v) is 14.6. The smallest absolute Gasteiger partial charge is 0.494 e. The van der Waals surface area contributed by atoms with Crippen molar-refractivity contribution >= 4 is 12.6 Å². The van der Waals surface area contributed by atoms with Gasteiger partial charge in [-0.1, -0.05) is 12.1 Å². The maximum absolute atomic E-state index is 6.06. The molecule has 0 N–H and O–H groups in total. The molecule has 126 valence electrons. The second kappa shape index (κ2) is 6.46. The van der Waals surface area contributed by atoms with Crippen LogP contribution in [0.2, 0.25) is 0 Å². The molecule has 1 atom stereocenters. The molecule has 2 fully saturated rings. The molecule has 0 aliphatic carbocycles. The van der Waals surface area contributed by atoms with E-state index in [0.29, 0.717) is 5.92 Å². The number of ether oxygens (including phenoxy) is 2. The lowest BCUT2D eigenvalue weighted by Crippen LogP contribution is -2.41. The normalized spacial score (nSPS) is 25.7. The Morgan fingerprint density at radius 3 is 2.30 bits per heavy atom. The average molecular weight is 318 g/mol. The number of benzene rings is 1. The number of hydrogen-bond acceptors (Lipinski definition) is 4. The van der Waals surface area contributed by atoms with Gasteiger partial charge in [-0.15, -0.1) is 0 Å². The minimum Gasteiger partial charge on any atom is -0.494 e. The molecule has 0 amide bonds. The summed E-state index contributed by atoms with van der Waals surface area (Å²) in [6, 6.07) is 8.03. The third-order valence-electron chi connectivity index (χ3n) is 5.22. The minimum absolute atomic E-state index is 0.309. The first-order valence-corrected chi connectivity index (χ1v) is 8.53. The van der Waals surface area contributed by atoms with Crippen molar-refractivity contribution in [3.8, 4) is 5.75 Å². The second-order valence-corrected chi connectivity index (χ2v) is 7.52. The Morgan fingerprint density at radius 1 is 1.09 bits per heavy atom. The Morgan fingerprint density at radius 2 is 1.74 bits per heavy atom. The van der Waals surface area contributed by atoms with Crippen LogP contribution in [0.3, 0.4) is 0 Å². The molecule has 0 saturated carbocycles. The molecular formula is C18H27BO4. The van der Waals surface area contributed by atoms with Gasteiger partial charge in [0.05, 0.1) is 17.8 Å². The zero-order chi connectivity index (χ0) is 16.5. The predicted molar refractivity (Wildman–Crippen MR) is 91.2 cm³/mol. The Balaban J connectivity index is 1.53. The molecular weight excluding hydrogens is 291 g/mol. The van der Waals surface area contributed by atoms with Crippen molar-refractivity contribution in [1.82, 2.24) is 0 Å². The Hall–Kier alpha value is -1.04. The summed E-state index contributed by atoms with van der Waals surface area (Å²) in [5, 5.41) is 0. The molecule has 2 saturated heterocycles. The predicted octanol–water partition coefficient (Wildman–Crippen LogP) is 2.79. The van der Waals surface area contributed by atoms with E-state index in [-0.39, 0.29) is 18.3 Å². The third-order valence-corrected chi connectivity index (χ3v) is 5.22. The van der Waals surface area contributed by atoms with Gasteiger partial charge in [0.1, 0.15) is 5.75 Å². The van der Waals surface area contributed by atoms with E-state index in [0.717, 1.165) is 43.9 Å². The van der Waals surface area contributed by atoms with Gasteiger partial charge in [0.25, 0.3) is 0 Å². The SMILES string of the molecule is CC1(C)OB(c2ccc(OCCC3CCOC3)cc2)OC1(C)C. The van der Waals surface area contributed by atoms with Gasteiger partial charge in [-0.2, -0.15) is 0 Å². The summed E-state index contributed by atoms with van der Waals surface area (Å²) < 4.78 is 23.3. The van der Waals surface area contributed by atoms with Crippen molar-refractivity contribution < 1.29 is 18.8 Å². The lowest BCUT2D eigenvalue weighted by molar-refractivity contribution is 0.00578. The molecule has 23 heavy (non-hydrogen) atoms. The number of hydrogen-bond donors (Lipinski definition) is 0. The van der Waals surface area contributed by atoms with Gasteiger partial charge < -0.3 is 18.8 Å².